The lowest BCUT2D eigenvalue weighted by Gasteiger charge is -2.34. The van der Waals surface area contributed by atoms with E-state index in [9.17, 15) is 4.79 Å². The Kier molecular flexibility index (Phi) is 5.17. The number of carbonyl (C=O) groups is 1. The summed E-state index contributed by atoms with van der Waals surface area (Å²) >= 11 is 0. The molecule has 1 aliphatic heterocycles. The van der Waals surface area contributed by atoms with Crippen molar-refractivity contribution in [2.75, 3.05) is 50.6 Å². The highest BCUT2D eigenvalue weighted by Gasteiger charge is 2.22. The number of carbonyl (C=O) groups excluding carboxylic acids is 1. The Balaban J connectivity index is 1.58. The molecule has 0 radical (unpaired) electrons. The lowest BCUT2D eigenvalue weighted by Crippen LogP contribution is -2.50. The summed E-state index contributed by atoms with van der Waals surface area (Å²) in [5.41, 5.74) is 0.663. The second-order valence-electron chi connectivity index (χ2n) is 5.52. The minimum absolute atomic E-state index is 0.138. The smallest absolute Gasteiger partial charge is 0.321 e. The molecule has 0 aliphatic carbocycles. The van der Waals surface area contributed by atoms with Gasteiger partial charge in [-0.25, -0.2) is 14.8 Å². The van der Waals surface area contributed by atoms with Gasteiger partial charge in [0.05, 0.1) is 14.2 Å². The van der Waals surface area contributed by atoms with Crippen molar-refractivity contribution in [2.24, 2.45) is 0 Å². The highest BCUT2D eigenvalue weighted by Crippen LogP contribution is 2.29. The maximum absolute atomic E-state index is 12.5. The highest BCUT2D eigenvalue weighted by atomic mass is 16.5. The fraction of sp³-hybridized carbons (Fsp3) is 0.353. The number of rotatable bonds is 4. The summed E-state index contributed by atoms with van der Waals surface area (Å²) in [6, 6.07) is 6.94. The molecule has 2 heterocycles. The first-order chi connectivity index (χ1) is 12.2. The number of nitrogens with zero attached hydrogens (tertiary/aromatic N) is 4. The van der Waals surface area contributed by atoms with Gasteiger partial charge in [-0.1, -0.05) is 0 Å². The second kappa shape index (κ2) is 7.69. The molecule has 0 saturated carbocycles. The van der Waals surface area contributed by atoms with Crippen molar-refractivity contribution >= 4 is 17.7 Å². The van der Waals surface area contributed by atoms with E-state index in [0.717, 1.165) is 0 Å². The van der Waals surface area contributed by atoms with Crippen LogP contribution in [-0.2, 0) is 0 Å². The minimum atomic E-state index is -0.138. The molecule has 1 aromatic carbocycles. The van der Waals surface area contributed by atoms with E-state index in [1.54, 1.807) is 55.8 Å². The number of amides is 2. The Morgan fingerprint density at radius 2 is 1.72 bits per heavy atom. The number of nitrogens with one attached hydrogen (secondary N) is 1. The van der Waals surface area contributed by atoms with Crippen LogP contribution in [0, 0.1) is 0 Å². The molecule has 2 aromatic rings. The van der Waals surface area contributed by atoms with Crippen molar-refractivity contribution in [3.05, 3.63) is 36.7 Å². The molecule has 1 saturated heterocycles. The number of aromatic nitrogens is 2. The minimum Gasteiger partial charge on any atom is -0.493 e. The predicted octanol–water partition coefficient (Wildman–Crippen LogP) is 1.85. The molecule has 0 spiro atoms. The zero-order valence-electron chi connectivity index (χ0n) is 14.3. The molecule has 8 nitrogen and oxygen atoms in total. The molecular weight excluding hydrogens is 322 g/mol. The number of ether oxygens (including phenoxy) is 2. The summed E-state index contributed by atoms with van der Waals surface area (Å²) in [4.78, 5) is 24.8. The van der Waals surface area contributed by atoms with E-state index in [1.807, 2.05) is 0 Å². The molecule has 25 heavy (non-hydrogen) atoms. The van der Waals surface area contributed by atoms with E-state index in [4.69, 9.17) is 9.47 Å². The van der Waals surface area contributed by atoms with E-state index >= 15 is 0 Å². The zero-order valence-corrected chi connectivity index (χ0v) is 14.3. The molecule has 8 heteroatoms. The number of hydrogen-bond donors (Lipinski definition) is 1. The monoisotopic (exact) mass is 343 g/mol. The molecule has 1 aliphatic rings. The Labute approximate surface area is 146 Å². The van der Waals surface area contributed by atoms with Gasteiger partial charge in [0.25, 0.3) is 0 Å². The van der Waals surface area contributed by atoms with Crippen LogP contribution in [0.5, 0.6) is 11.5 Å². The van der Waals surface area contributed by atoms with Crippen molar-refractivity contribution in [1.82, 2.24) is 14.9 Å². The van der Waals surface area contributed by atoms with E-state index < -0.39 is 0 Å². The zero-order chi connectivity index (χ0) is 17.6. The van der Waals surface area contributed by atoms with Crippen molar-refractivity contribution in [3.8, 4) is 11.5 Å². The lowest BCUT2D eigenvalue weighted by molar-refractivity contribution is 0.208. The van der Waals surface area contributed by atoms with Gasteiger partial charge in [-0.3, -0.25) is 0 Å². The molecule has 1 aromatic heterocycles. The maximum atomic E-state index is 12.5. The van der Waals surface area contributed by atoms with Crippen LogP contribution in [0.4, 0.5) is 16.4 Å². The molecule has 132 valence electrons. The predicted molar refractivity (Wildman–Crippen MR) is 94.4 cm³/mol. The molecule has 2 amide bonds. The molecule has 1 fully saturated rings. The van der Waals surface area contributed by atoms with Gasteiger partial charge < -0.3 is 24.6 Å². The fourth-order valence-corrected chi connectivity index (χ4v) is 2.68. The average molecular weight is 343 g/mol. The van der Waals surface area contributed by atoms with Gasteiger partial charge in [0, 0.05) is 50.3 Å². The van der Waals surface area contributed by atoms with Gasteiger partial charge in [0.2, 0.25) is 5.95 Å². The number of urea groups is 1. The van der Waals surface area contributed by atoms with Gasteiger partial charge in [-0.2, -0.15) is 0 Å². The van der Waals surface area contributed by atoms with E-state index in [-0.39, 0.29) is 6.03 Å². The molecule has 3 rings (SSSR count). The van der Waals surface area contributed by atoms with E-state index in [2.05, 4.69) is 20.2 Å². The normalized spacial score (nSPS) is 14.2. The Hall–Kier alpha value is -3.03. The van der Waals surface area contributed by atoms with Gasteiger partial charge in [0.1, 0.15) is 0 Å². The van der Waals surface area contributed by atoms with Crippen LogP contribution in [0.2, 0.25) is 0 Å². The first kappa shape index (κ1) is 16.8. The van der Waals surface area contributed by atoms with E-state index in [0.29, 0.717) is 49.3 Å². The first-order valence-electron chi connectivity index (χ1n) is 8.01. The third-order valence-electron chi connectivity index (χ3n) is 4.04. The maximum Gasteiger partial charge on any atom is 0.321 e. The van der Waals surface area contributed by atoms with Crippen molar-refractivity contribution in [3.63, 3.8) is 0 Å². The van der Waals surface area contributed by atoms with Gasteiger partial charge in [-0.05, 0) is 18.2 Å². The molecule has 0 atom stereocenters. The van der Waals surface area contributed by atoms with Crippen LogP contribution in [0.25, 0.3) is 0 Å². The van der Waals surface area contributed by atoms with Crippen molar-refractivity contribution < 1.29 is 14.3 Å². The van der Waals surface area contributed by atoms with Gasteiger partial charge in [0.15, 0.2) is 11.5 Å². The largest absolute Gasteiger partial charge is 0.493 e. The lowest BCUT2D eigenvalue weighted by atomic mass is 10.2. The standard InChI is InChI=1S/C17H21N5O3/c1-24-14-5-4-13(12-15(14)25-2)20-17(23)22-10-8-21(9-11-22)16-18-6-3-7-19-16/h3-7,12H,8-11H2,1-2H3,(H,20,23). The van der Waals surface area contributed by atoms with Crippen LogP contribution in [0.15, 0.2) is 36.7 Å². The summed E-state index contributed by atoms with van der Waals surface area (Å²) in [7, 11) is 3.14. The summed E-state index contributed by atoms with van der Waals surface area (Å²) in [6.07, 6.45) is 3.44. The number of anilines is 2. The van der Waals surface area contributed by atoms with Crippen LogP contribution < -0.4 is 19.7 Å². The Morgan fingerprint density at radius 1 is 1.04 bits per heavy atom. The summed E-state index contributed by atoms with van der Waals surface area (Å²) in [6.45, 7) is 2.61. The summed E-state index contributed by atoms with van der Waals surface area (Å²) in [5, 5.41) is 2.89. The third kappa shape index (κ3) is 3.90. The van der Waals surface area contributed by atoms with Gasteiger partial charge >= 0.3 is 6.03 Å². The third-order valence-corrected chi connectivity index (χ3v) is 4.04. The van der Waals surface area contributed by atoms with Crippen molar-refractivity contribution in [2.45, 2.75) is 0 Å². The SMILES string of the molecule is COc1ccc(NC(=O)N2CCN(c3ncccn3)CC2)cc1OC. The van der Waals surface area contributed by atoms with Crippen LogP contribution in [0.1, 0.15) is 0 Å². The fourth-order valence-electron chi connectivity index (χ4n) is 2.68. The molecule has 1 N–H and O–H groups in total. The summed E-state index contributed by atoms with van der Waals surface area (Å²) < 4.78 is 10.5. The van der Waals surface area contributed by atoms with Crippen LogP contribution >= 0.6 is 0 Å². The van der Waals surface area contributed by atoms with Crippen LogP contribution in [0.3, 0.4) is 0 Å². The number of piperazine rings is 1. The second-order valence-corrected chi connectivity index (χ2v) is 5.52. The highest BCUT2D eigenvalue weighted by molar-refractivity contribution is 5.90. The van der Waals surface area contributed by atoms with Gasteiger partial charge in [-0.15, -0.1) is 0 Å². The van der Waals surface area contributed by atoms with Crippen LogP contribution in [-0.4, -0.2) is 61.3 Å². The number of benzene rings is 1. The first-order valence-corrected chi connectivity index (χ1v) is 8.01. The topological polar surface area (TPSA) is 79.8 Å². The van der Waals surface area contributed by atoms with E-state index in [1.165, 1.54) is 0 Å². The Bertz CT molecular complexity index is 717. The number of hydrogen-bond acceptors (Lipinski definition) is 6. The average Bonchev–Trinajstić information content (AvgIpc) is 2.68. The molecule has 0 unspecified atom stereocenters. The molecular formula is C17H21N5O3. The quantitative estimate of drug-likeness (QED) is 0.913. The number of methoxy groups -OCH3 is 2. The van der Waals surface area contributed by atoms with Crippen molar-refractivity contribution in [1.29, 1.82) is 0 Å². The Morgan fingerprint density at radius 3 is 2.36 bits per heavy atom. The summed E-state index contributed by atoms with van der Waals surface area (Å²) in [5.74, 6) is 1.89. The molecule has 0 bridgehead atoms.